The number of likely N-dealkylation sites (N-methyl/N-ethyl adjacent to an activating group) is 1. The lowest BCUT2D eigenvalue weighted by Gasteiger charge is -2.17. The third kappa shape index (κ3) is 4.39. The number of rotatable bonds is 9. The van der Waals surface area contributed by atoms with Crippen molar-refractivity contribution in [3.8, 4) is 5.75 Å². The van der Waals surface area contributed by atoms with Crippen LogP contribution in [-0.2, 0) is 13.1 Å². The van der Waals surface area contributed by atoms with Crippen molar-refractivity contribution >= 4 is 17.0 Å². The summed E-state index contributed by atoms with van der Waals surface area (Å²) in [6, 6.07) is 14.3. The summed E-state index contributed by atoms with van der Waals surface area (Å²) in [7, 11) is 0. The summed E-state index contributed by atoms with van der Waals surface area (Å²) in [5, 5.41) is 0. The van der Waals surface area contributed by atoms with Gasteiger partial charge in [-0.05, 0) is 49.5 Å². The van der Waals surface area contributed by atoms with E-state index in [0.717, 1.165) is 43.2 Å². The van der Waals surface area contributed by atoms with E-state index in [2.05, 4.69) is 40.0 Å². The molecular formula is C21H28FN4O+. The Bertz CT molecular complexity index is 872. The second kappa shape index (κ2) is 8.86. The average Bonchev–Trinajstić information content (AvgIpc) is 2.96. The molecule has 1 aromatic heterocycles. The molecule has 0 saturated heterocycles. The van der Waals surface area contributed by atoms with Gasteiger partial charge in [0.2, 0.25) is 0 Å². The maximum absolute atomic E-state index is 13.0. The van der Waals surface area contributed by atoms with Gasteiger partial charge in [0.05, 0.1) is 6.54 Å². The minimum Gasteiger partial charge on any atom is -0.490 e. The minimum absolute atomic E-state index is 0.266. The molecule has 3 aromatic rings. The zero-order valence-corrected chi connectivity index (χ0v) is 16.1. The van der Waals surface area contributed by atoms with Crippen LogP contribution in [0, 0.1) is 5.82 Å². The molecule has 0 radical (unpaired) electrons. The molecule has 0 atom stereocenters. The molecule has 144 valence electrons. The Morgan fingerprint density at radius 3 is 2.48 bits per heavy atom. The first-order valence-electron chi connectivity index (χ1n) is 9.51. The van der Waals surface area contributed by atoms with Gasteiger partial charge in [-0.3, -0.25) is 5.73 Å². The van der Waals surface area contributed by atoms with E-state index in [-0.39, 0.29) is 5.82 Å². The van der Waals surface area contributed by atoms with E-state index < -0.39 is 0 Å². The minimum atomic E-state index is -0.266. The Balaban J connectivity index is 1.76. The van der Waals surface area contributed by atoms with Crippen LogP contribution in [0.15, 0.2) is 48.5 Å². The van der Waals surface area contributed by atoms with E-state index in [1.54, 1.807) is 12.1 Å². The summed E-state index contributed by atoms with van der Waals surface area (Å²) in [4.78, 5) is 2.39. The number of anilines is 1. The standard InChI is InChI=1S/C21H27FN4O/c1-3-24(4-2)13-14-25-19-7-5-6-8-20(19)26(21(25)23)15-16-27-18-11-9-17(22)10-12-18/h5-12,23H,3-4,13-16H2,1-2H3/p+1. The van der Waals surface area contributed by atoms with Crippen molar-refractivity contribution in [2.75, 3.05) is 32.0 Å². The molecule has 0 bridgehead atoms. The molecule has 0 aliphatic heterocycles. The van der Waals surface area contributed by atoms with Gasteiger partial charge in [-0.2, -0.15) is 0 Å². The number of hydrogen-bond donors (Lipinski definition) is 1. The molecule has 1 heterocycles. The van der Waals surface area contributed by atoms with Crippen molar-refractivity contribution in [3.05, 3.63) is 54.3 Å². The van der Waals surface area contributed by atoms with Crippen molar-refractivity contribution in [2.45, 2.75) is 26.9 Å². The van der Waals surface area contributed by atoms with Crippen molar-refractivity contribution in [3.63, 3.8) is 0 Å². The van der Waals surface area contributed by atoms with Crippen LogP contribution >= 0.6 is 0 Å². The lowest BCUT2D eigenvalue weighted by Crippen LogP contribution is -2.42. The smallest absolute Gasteiger partial charge is 0.356 e. The Morgan fingerprint density at radius 1 is 1.07 bits per heavy atom. The SMILES string of the molecule is CCN(CC)CC[n+]1c(N)n(CCOc2ccc(F)cc2)c2ccccc21. The molecule has 0 fully saturated rings. The Labute approximate surface area is 159 Å². The summed E-state index contributed by atoms with van der Waals surface area (Å²) in [6.07, 6.45) is 0. The van der Waals surface area contributed by atoms with E-state index in [0.29, 0.717) is 18.9 Å². The summed E-state index contributed by atoms with van der Waals surface area (Å²) in [6.45, 7) is 9.30. The van der Waals surface area contributed by atoms with E-state index in [1.165, 1.54) is 12.1 Å². The number of nitrogen functional groups attached to an aromatic ring is 1. The molecule has 0 aliphatic carbocycles. The molecule has 0 unspecified atom stereocenters. The number of aromatic nitrogens is 2. The second-order valence-corrected chi connectivity index (χ2v) is 6.48. The number of para-hydroxylation sites is 2. The number of nitrogens with zero attached hydrogens (tertiary/aromatic N) is 3. The zero-order chi connectivity index (χ0) is 19.2. The van der Waals surface area contributed by atoms with Crippen LogP contribution in [-0.4, -0.2) is 35.7 Å². The van der Waals surface area contributed by atoms with Gasteiger partial charge in [0.15, 0.2) is 0 Å². The largest absolute Gasteiger partial charge is 0.490 e. The monoisotopic (exact) mass is 371 g/mol. The fraction of sp³-hybridized carbons (Fsp3) is 0.381. The highest BCUT2D eigenvalue weighted by molar-refractivity contribution is 5.73. The van der Waals surface area contributed by atoms with E-state index in [4.69, 9.17) is 10.5 Å². The van der Waals surface area contributed by atoms with Gasteiger partial charge < -0.3 is 9.64 Å². The second-order valence-electron chi connectivity index (χ2n) is 6.48. The molecule has 2 aromatic carbocycles. The lowest BCUT2D eigenvalue weighted by molar-refractivity contribution is -0.657. The zero-order valence-electron chi connectivity index (χ0n) is 16.1. The number of hydrogen-bond acceptors (Lipinski definition) is 3. The number of ether oxygens (including phenoxy) is 1. The van der Waals surface area contributed by atoms with Gasteiger partial charge in [-0.1, -0.05) is 26.0 Å². The molecule has 0 amide bonds. The third-order valence-electron chi connectivity index (χ3n) is 4.95. The predicted octanol–water partition coefficient (Wildman–Crippen LogP) is 3.07. The topological polar surface area (TPSA) is 47.3 Å². The molecule has 2 N–H and O–H groups in total. The maximum atomic E-state index is 13.0. The van der Waals surface area contributed by atoms with Gasteiger partial charge in [-0.15, -0.1) is 0 Å². The highest BCUT2D eigenvalue weighted by Gasteiger charge is 2.20. The Kier molecular flexibility index (Phi) is 6.29. The normalized spacial score (nSPS) is 11.4. The van der Waals surface area contributed by atoms with E-state index in [1.807, 2.05) is 12.1 Å². The van der Waals surface area contributed by atoms with Crippen LogP contribution in [0.25, 0.3) is 11.0 Å². The molecular weight excluding hydrogens is 343 g/mol. The van der Waals surface area contributed by atoms with E-state index >= 15 is 0 Å². The lowest BCUT2D eigenvalue weighted by atomic mass is 10.3. The molecule has 3 rings (SSSR count). The van der Waals surface area contributed by atoms with Crippen LogP contribution in [0.3, 0.4) is 0 Å². The number of halogens is 1. The van der Waals surface area contributed by atoms with Crippen LogP contribution < -0.4 is 15.0 Å². The summed E-state index contributed by atoms with van der Waals surface area (Å²) in [5.74, 6) is 1.11. The molecule has 6 heteroatoms. The van der Waals surface area contributed by atoms with Crippen LogP contribution in [0.1, 0.15) is 13.8 Å². The highest BCUT2D eigenvalue weighted by atomic mass is 19.1. The first-order chi connectivity index (χ1) is 13.1. The van der Waals surface area contributed by atoms with Gasteiger partial charge >= 0.3 is 5.95 Å². The molecule has 0 spiro atoms. The first kappa shape index (κ1) is 19.2. The number of benzene rings is 2. The Hall–Kier alpha value is -2.60. The van der Waals surface area contributed by atoms with Gasteiger partial charge in [0, 0.05) is 6.54 Å². The van der Waals surface area contributed by atoms with Crippen molar-refractivity contribution in [2.24, 2.45) is 0 Å². The highest BCUT2D eigenvalue weighted by Crippen LogP contribution is 2.17. The van der Waals surface area contributed by atoms with Gasteiger partial charge in [0.25, 0.3) is 0 Å². The van der Waals surface area contributed by atoms with Gasteiger partial charge in [0.1, 0.15) is 35.8 Å². The summed E-state index contributed by atoms with van der Waals surface area (Å²) < 4.78 is 23.0. The quantitative estimate of drug-likeness (QED) is 0.588. The fourth-order valence-electron chi connectivity index (χ4n) is 3.35. The van der Waals surface area contributed by atoms with Crippen molar-refractivity contribution in [1.82, 2.24) is 9.47 Å². The Morgan fingerprint density at radius 2 is 1.78 bits per heavy atom. The number of imidazole rings is 1. The average molecular weight is 371 g/mol. The van der Waals surface area contributed by atoms with Crippen molar-refractivity contribution < 1.29 is 13.7 Å². The van der Waals surface area contributed by atoms with E-state index in [9.17, 15) is 4.39 Å². The summed E-state index contributed by atoms with van der Waals surface area (Å²) in [5.41, 5.74) is 8.71. The predicted molar refractivity (Wildman–Crippen MR) is 106 cm³/mol. The number of nitrogens with two attached hydrogens (primary N) is 1. The first-order valence-corrected chi connectivity index (χ1v) is 9.51. The van der Waals surface area contributed by atoms with Crippen molar-refractivity contribution in [1.29, 1.82) is 0 Å². The third-order valence-corrected chi connectivity index (χ3v) is 4.95. The molecule has 0 saturated carbocycles. The molecule has 27 heavy (non-hydrogen) atoms. The van der Waals surface area contributed by atoms with Gasteiger partial charge in [-0.25, -0.2) is 13.5 Å². The maximum Gasteiger partial charge on any atom is 0.356 e. The van der Waals surface area contributed by atoms with Crippen LogP contribution in [0.2, 0.25) is 0 Å². The number of fused-ring (bicyclic) bond motifs is 1. The van der Waals surface area contributed by atoms with Crippen LogP contribution in [0.5, 0.6) is 5.75 Å². The molecule has 0 aliphatic rings. The summed E-state index contributed by atoms with van der Waals surface area (Å²) >= 11 is 0. The van der Waals surface area contributed by atoms with Crippen LogP contribution in [0.4, 0.5) is 10.3 Å². The molecule has 5 nitrogen and oxygen atoms in total. The fourth-order valence-corrected chi connectivity index (χ4v) is 3.35.